The van der Waals surface area contributed by atoms with E-state index in [-0.39, 0.29) is 19.0 Å². The first kappa shape index (κ1) is 16.3. The summed E-state index contributed by atoms with van der Waals surface area (Å²) in [7, 11) is 0. The van der Waals surface area contributed by atoms with Gasteiger partial charge in [0.1, 0.15) is 6.54 Å². The van der Waals surface area contributed by atoms with E-state index in [1.165, 1.54) is 0 Å². The molecule has 0 unspecified atom stereocenters. The lowest BCUT2D eigenvalue weighted by Gasteiger charge is -2.05. The van der Waals surface area contributed by atoms with Crippen molar-refractivity contribution in [1.29, 1.82) is 0 Å². The number of aromatic nitrogens is 3. The topological polar surface area (TPSA) is 73.0 Å². The summed E-state index contributed by atoms with van der Waals surface area (Å²) < 4.78 is 7.23. The fourth-order valence-electron chi connectivity index (χ4n) is 2.32. The van der Waals surface area contributed by atoms with E-state index in [4.69, 9.17) is 16.0 Å². The van der Waals surface area contributed by atoms with Crippen molar-refractivity contribution in [3.05, 3.63) is 58.8 Å². The van der Waals surface area contributed by atoms with Crippen LogP contribution in [0.1, 0.15) is 17.3 Å². The van der Waals surface area contributed by atoms with Gasteiger partial charge in [0.25, 0.3) is 0 Å². The first-order chi connectivity index (χ1) is 11.5. The zero-order chi connectivity index (χ0) is 17.1. The van der Waals surface area contributed by atoms with E-state index in [9.17, 15) is 4.79 Å². The lowest BCUT2D eigenvalue weighted by molar-refractivity contribution is -0.122. The van der Waals surface area contributed by atoms with Gasteiger partial charge < -0.3 is 9.73 Å². The van der Waals surface area contributed by atoms with Crippen LogP contribution in [0.3, 0.4) is 0 Å². The predicted molar refractivity (Wildman–Crippen MR) is 90.5 cm³/mol. The van der Waals surface area contributed by atoms with Gasteiger partial charge in [0.15, 0.2) is 5.76 Å². The van der Waals surface area contributed by atoms with Crippen molar-refractivity contribution in [2.45, 2.75) is 26.9 Å². The maximum Gasteiger partial charge on any atom is 0.242 e. The van der Waals surface area contributed by atoms with Gasteiger partial charge in [0.2, 0.25) is 11.8 Å². The molecule has 3 rings (SSSR count). The Hall–Kier alpha value is -2.60. The highest BCUT2D eigenvalue weighted by atomic mass is 35.5. The summed E-state index contributed by atoms with van der Waals surface area (Å²) in [5, 5.41) is 7.59. The average Bonchev–Trinajstić information content (AvgIpc) is 3.15. The van der Waals surface area contributed by atoms with E-state index < -0.39 is 0 Å². The molecule has 0 radical (unpaired) electrons. The van der Waals surface area contributed by atoms with Crippen LogP contribution in [0.5, 0.6) is 0 Å². The summed E-state index contributed by atoms with van der Waals surface area (Å²) in [6.45, 7) is 3.96. The van der Waals surface area contributed by atoms with E-state index in [1.807, 2.05) is 44.2 Å². The monoisotopic (exact) mass is 344 g/mol. The van der Waals surface area contributed by atoms with E-state index in [0.717, 1.165) is 11.3 Å². The molecule has 1 aromatic carbocycles. The number of halogens is 1. The van der Waals surface area contributed by atoms with Crippen molar-refractivity contribution in [3.8, 4) is 11.3 Å². The lowest BCUT2D eigenvalue weighted by Crippen LogP contribution is -2.28. The number of nitrogens with one attached hydrogen (secondary N) is 1. The molecule has 0 aliphatic carbocycles. The fraction of sp³-hybridized carbons (Fsp3) is 0.235. The van der Waals surface area contributed by atoms with Gasteiger partial charge in [-0.05, 0) is 13.8 Å². The molecule has 124 valence electrons. The van der Waals surface area contributed by atoms with Gasteiger partial charge in [-0.2, -0.15) is 5.10 Å². The van der Waals surface area contributed by atoms with E-state index in [0.29, 0.717) is 22.4 Å². The number of benzene rings is 1. The average molecular weight is 345 g/mol. The normalized spacial score (nSPS) is 10.8. The number of rotatable bonds is 5. The minimum Gasteiger partial charge on any atom is -0.439 e. The molecule has 2 heterocycles. The van der Waals surface area contributed by atoms with Crippen LogP contribution in [0.15, 0.2) is 40.9 Å². The number of aryl methyl sites for hydroxylation is 1. The summed E-state index contributed by atoms with van der Waals surface area (Å²) in [5.41, 5.74) is 2.42. The number of hydrogen-bond acceptors (Lipinski definition) is 4. The zero-order valence-corrected chi connectivity index (χ0v) is 14.2. The molecule has 3 aromatic rings. The number of oxazole rings is 1. The van der Waals surface area contributed by atoms with Crippen molar-refractivity contribution in [2.24, 2.45) is 0 Å². The molecule has 24 heavy (non-hydrogen) atoms. The maximum absolute atomic E-state index is 12.1. The quantitative estimate of drug-likeness (QED) is 0.771. The second kappa shape index (κ2) is 6.88. The molecule has 0 spiro atoms. The molecule has 6 nitrogen and oxygen atoms in total. The molecule has 7 heteroatoms. The summed E-state index contributed by atoms with van der Waals surface area (Å²) in [6, 6.07) is 9.68. The largest absolute Gasteiger partial charge is 0.439 e. The van der Waals surface area contributed by atoms with Gasteiger partial charge in [-0.1, -0.05) is 41.9 Å². The van der Waals surface area contributed by atoms with Gasteiger partial charge in [-0.15, -0.1) is 0 Å². The van der Waals surface area contributed by atoms with Crippen LogP contribution in [0, 0.1) is 13.8 Å². The SMILES string of the molecule is Cc1nn(CC(=O)NCc2ncc(-c3ccccc3)o2)c(C)c1Cl. The van der Waals surface area contributed by atoms with Gasteiger partial charge in [-0.25, -0.2) is 4.98 Å². The second-order valence-electron chi connectivity index (χ2n) is 5.40. The number of nitrogens with zero attached hydrogens (tertiary/aromatic N) is 3. The summed E-state index contributed by atoms with van der Waals surface area (Å²) in [4.78, 5) is 16.2. The molecule has 0 atom stereocenters. The third-order valence-corrected chi connectivity index (χ3v) is 4.18. The van der Waals surface area contributed by atoms with Crippen molar-refractivity contribution < 1.29 is 9.21 Å². The number of hydrogen-bond donors (Lipinski definition) is 1. The Morgan fingerprint density at radius 3 is 2.71 bits per heavy atom. The van der Waals surface area contributed by atoms with Crippen LogP contribution in [-0.4, -0.2) is 20.7 Å². The standard InChI is InChI=1S/C17H17ClN4O2/c1-11-17(18)12(2)22(21-11)10-15(23)19-9-16-20-8-14(24-16)13-6-4-3-5-7-13/h3-8H,9-10H2,1-2H3,(H,19,23). The van der Waals surface area contributed by atoms with Crippen molar-refractivity contribution in [2.75, 3.05) is 0 Å². The highest BCUT2D eigenvalue weighted by Gasteiger charge is 2.13. The van der Waals surface area contributed by atoms with Crippen molar-refractivity contribution in [1.82, 2.24) is 20.1 Å². The van der Waals surface area contributed by atoms with Crippen LogP contribution < -0.4 is 5.32 Å². The Morgan fingerprint density at radius 2 is 2.04 bits per heavy atom. The smallest absolute Gasteiger partial charge is 0.242 e. The molecule has 0 saturated carbocycles. The summed E-state index contributed by atoms with van der Waals surface area (Å²) in [6.07, 6.45) is 1.65. The molecule has 1 N–H and O–H groups in total. The van der Waals surface area contributed by atoms with E-state index in [2.05, 4.69) is 15.4 Å². The van der Waals surface area contributed by atoms with Crippen LogP contribution in [0.25, 0.3) is 11.3 Å². The summed E-state index contributed by atoms with van der Waals surface area (Å²) in [5.74, 6) is 0.940. The molecule has 0 bridgehead atoms. The van der Waals surface area contributed by atoms with Crippen LogP contribution in [0.2, 0.25) is 5.02 Å². The minimum absolute atomic E-state index is 0.103. The van der Waals surface area contributed by atoms with Crippen molar-refractivity contribution >= 4 is 17.5 Å². The van der Waals surface area contributed by atoms with Gasteiger partial charge in [-0.3, -0.25) is 9.48 Å². The molecular weight excluding hydrogens is 328 g/mol. The highest BCUT2D eigenvalue weighted by Crippen LogP contribution is 2.20. The number of amides is 1. The van der Waals surface area contributed by atoms with Crippen molar-refractivity contribution in [3.63, 3.8) is 0 Å². The molecule has 1 amide bonds. The lowest BCUT2D eigenvalue weighted by atomic mass is 10.2. The molecule has 2 aromatic heterocycles. The third-order valence-electron chi connectivity index (χ3n) is 3.64. The molecule has 0 aliphatic heterocycles. The molecule has 0 saturated heterocycles. The minimum atomic E-state index is -0.184. The molecular formula is C17H17ClN4O2. The first-order valence-corrected chi connectivity index (χ1v) is 7.88. The Morgan fingerprint density at radius 1 is 1.29 bits per heavy atom. The Balaban J connectivity index is 1.59. The van der Waals surface area contributed by atoms with Crippen LogP contribution in [-0.2, 0) is 17.9 Å². The van der Waals surface area contributed by atoms with Crippen LogP contribution in [0.4, 0.5) is 0 Å². The van der Waals surface area contributed by atoms with Gasteiger partial charge in [0.05, 0.1) is 29.2 Å². The Bertz CT molecular complexity index is 855. The second-order valence-corrected chi connectivity index (χ2v) is 5.78. The first-order valence-electron chi connectivity index (χ1n) is 7.51. The van der Waals surface area contributed by atoms with Crippen LogP contribution >= 0.6 is 11.6 Å². The van der Waals surface area contributed by atoms with Gasteiger partial charge in [0, 0.05) is 5.56 Å². The molecule has 0 aliphatic rings. The zero-order valence-electron chi connectivity index (χ0n) is 13.4. The Kier molecular flexibility index (Phi) is 4.66. The third kappa shape index (κ3) is 3.49. The maximum atomic E-state index is 12.1. The predicted octanol–water partition coefficient (Wildman–Crippen LogP) is 3.12. The van der Waals surface area contributed by atoms with E-state index in [1.54, 1.807) is 10.9 Å². The fourth-order valence-corrected chi connectivity index (χ4v) is 2.46. The Labute approximate surface area is 144 Å². The summed E-state index contributed by atoms with van der Waals surface area (Å²) >= 11 is 6.08. The van der Waals surface area contributed by atoms with Gasteiger partial charge >= 0.3 is 0 Å². The highest BCUT2D eigenvalue weighted by molar-refractivity contribution is 6.31. The number of carbonyl (C=O) groups is 1. The number of carbonyl (C=O) groups excluding carboxylic acids is 1. The van der Waals surface area contributed by atoms with E-state index >= 15 is 0 Å². The molecule has 0 fully saturated rings.